The Morgan fingerprint density at radius 1 is 1.00 bits per heavy atom. The van der Waals surface area contributed by atoms with Crippen molar-refractivity contribution in [1.82, 2.24) is 15.0 Å². The summed E-state index contributed by atoms with van der Waals surface area (Å²) in [6, 6.07) is 22.4. The van der Waals surface area contributed by atoms with Crippen LogP contribution in [0.4, 0.5) is 23.5 Å². The number of aromatic nitrogens is 3. The fourth-order valence-corrected chi connectivity index (χ4v) is 6.88. The Bertz CT molecular complexity index is 1540. The predicted octanol–water partition coefficient (Wildman–Crippen LogP) is 7.30. The topological polar surface area (TPSA) is 96.8 Å². The van der Waals surface area contributed by atoms with Gasteiger partial charge in [-0.3, -0.25) is 0 Å². The van der Waals surface area contributed by atoms with Gasteiger partial charge < -0.3 is 19.7 Å². The molecule has 0 bridgehead atoms. The van der Waals surface area contributed by atoms with E-state index in [0.29, 0.717) is 30.4 Å². The van der Waals surface area contributed by atoms with E-state index in [0.717, 1.165) is 62.2 Å². The minimum absolute atomic E-state index is 0.345. The van der Waals surface area contributed by atoms with Gasteiger partial charge in [0.15, 0.2) is 0 Å². The smallest absolute Gasteiger partial charge is 0.250 e. The normalized spacial score (nSPS) is 13.6. The number of nitrogens with one attached hydrogen (secondary N) is 2. The van der Waals surface area contributed by atoms with Gasteiger partial charge in [0.25, 0.3) is 0 Å². The van der Waals surface area contributed by atoms with Gasteiger partial charge in [-0.15, -0.1) is 0 Å². The number of benzene rings is 3. The molecule has 9 nitrogen and oxygen atoms in total. The van der Waals surface area contributed by atoms with E-state index in [4.69, 9.17) is 19.4 Å². The Kier molecular flexibility index (Phi) is 11.0. The second kappa shape index (κ2) is 15.3. The molecule has 0 radical (unpaired) electrons. The number of piperidine rings is 1. The fraction of sp³-hybridized carbons (Fsp3) is 0.250. The number of hydrogen-bond donors (Lipinski definition) is 2. The molecule has 11 heteroatoms. The summed E-state index contributed by atoms with van der Waals surface area (Å²) >= 11 is 4.56. The first-order chi connectivity index (χ1) is 21.0. The van der Waals surface area contributed by atoms with Gasteiger partial charge in [-0.25, -0.2) is 5.43 Å². The maximum atomic E-state index is 5.91. The van der Waals surface area contributed by atoms with E-state index in [9.17, 15) is 0 Å². The Morgan fingerprint density at radius 2 is 1.74 bits per heavy atom. The van der Waals surface area contributed by atoms with Crippen LogP contribution in [0, 0.1) is 13.1 Å². The van der Waals surface area contributed by atoms with Crippen LogP contribution in [0.3, 0.4) is 0 Å². The highest BCUT2D eigenvalue weighted by molar-refractivity contribution is 14.1. The van der Waals surface area contributed by atoms with Gasteiger partial charge in [0.1, 0.15) is 18.1 Å². The van der Waals surface area contributed by atoms with Crippen LogP contribution < -0.4 is 25.1 Å². The number of halogens is 2. The lowest BCUT2D eigenvalue weighted by Gasteiger charge is -2.32. The van der Waals surface area contributed by atoms with Crippen LogP contribution in [0.25, 0.3) is 0 Å². The monoisotopic (exact) mass is 801 g/mol. The van der Waals surface area contributed by atoms with Gasteiger partial charge in [-0.1, -0.05) is 43.0 Å². The Morgan fingerprint density at radius 3 is 2.47 bits per heavy atom. The number of rotatable bonds is 12. The highest BCUT2D eigenvalue weighted by Gasteiger charge is 2.22. The fourth-order valence-electron chi connectivity index (χ4n) is 4.83. The minimum atomic E-state index is 0.345. The average Bonchev–Trinajstić information content (AvgIpc) is 3.02. The third kappa shape index (κ3) is 8.78. The second-order valence-corrected chi connectivity index (χ2v) is 12.4. The quantitative estimate of drug-likeness (QED) is 0.0668. The maximum absolute atomic E-state index is 5.91. The summed E-state index contributed by atoms with van der Waals surface area (Å²) in [5, 5.41) is 7.78. The lowest BCUT2D eigenvalue weighted by Crippen LogP contribution is -2.35. The molecule has 43 heavy (non-hydrogen) atoms. The van der Waals surface area contributed by atoms with E-state index in [-0.39, 0.29) is 0 Å². The van der Waals surface area contributed by atoms with Gasteiger partial charge in [0, 0.05) is 27.9 Å². The first-order valence-electron chi connectivity index (χ1n) is 14.0. The molecule has 0 spiro atoms. The van der Waals surface area contributed by atoms with Crippen molar-refractivity contribution >= 4 is 74.9 Å². The van der Waals surface area contributed by atoms with E-state index in [1.54, 1.807) is 19.4 Å². The molecule has 4 aromatic rings. The maximum Gasteiger partial charge on any atom is 0.250 e. The SMILES string of the molecule is C=CCOc1c(I)cc(I)cc1/C=N\Nc1nc(Nc2ccc(OC)cc2)nc(N2CCC(Cc3ccccc3)CC2)n1. The van der Waals surface area contributed by atoms with Crippen molar-refractivity contribution in [1.29, 1.82) is 0 Å². The molecule has 2 N–H and O–H groups in total. The Labute approximate surface area is 279 Å². The van der Waals surface area contributed by atoms with Crippen LogP contribution in [-0.4, -0.2) is 48.0 Å². The van der Waals surface area contributed by atoms with E-state index < -0.39 is 0 Å². The summed E-state index contributed by atoms with van der Waals surface area (Å²) in [6.07, 6.45) is 6.68. The molecule has 0 aliphatic carbocycles. The van der Waals surface area contributed by atoms with E-state index in [1.807, 2.05) is 30.3 Å². The third-order valence-electron chi connectivity index (χ3n) is 6.99. The molecule has 2 heterocycles. The average molecular weight is 801 g/mol. The molecule has 0 unspecified atom stereocenters. The van der Waals surface area contributed by atoms with Crippen molar-refractivity contribution in [2.45, 2.75) is 19.3 Å². The van der Waals surface area contributed by atoms with Crippen molar-refractivity contribution < 1.29 is 9.47 Å². The van der Waals surface area contributed by atoms with E-state index in [1.165, 1.54) is 5.56 Å². The number of anilines is 4. The highest BCUT2D eigenvalue weighted by Crippen LogP contribution is 2.28. The molecule has 3 aromatic carbocycles. The van der Waals surface area contributed by atoms with Crippen molar-refractivity contribution in [3.05, 3.63) is 97.7 Å². The Balaban J connectivity index is 1.35. The molecule has 222 valence electrons. The second-order valence-electron chi connectivity index (χ2n) is 10.0. The van der Waals surface area contributed by atoms with Crippen molar-refractivity contribution in [2.75, 3.05) is 42.4 Å². The molecule has 0 amide bonds. The van der Waals surface area contributed by atoms with E-state index in [2.05, 4.69) is 114 Å². The zero-order valence-electron chi connectivity index (χ0n) is 23.8. The Hall–Kier alpha value is -3.46. The van der Waals surface area contributed by atoms with Gasteiger partial charge in [-0.2, -0.15) is 20.1 Å². The molecular formula is C32H33I2N7O2. The molecule has 1 aliphatic heterocycles. The highest BCUT2D eigenvalue weighted by atomic mass is 127. The molecule has 0 saturated carbocycles. The molecule has 5 rings (SSSR count). The van der Waals surface area contributed by atoms with Crippen LogP contribution in [0.5, 0.6) is 11.5 Å². The van der Waals surface area contributed by atoms with Crippen LogP contribution in [0.15, 0.2) is 84.5 Å². The molecule has 0 atom stereocenters. The van der Waals surface area contributed by atoms with Gasteiger partial charge >= 0.3 is 0 Å². The number of hydrazone groups is 1. The lowest BCUT2D eigenvalue weighted by atomic mass is 9.90. The summed E-state index contributed by atoms with van der Waals surface area (Å²) in [6.45, 7) is 5.91. The molecule has 1 fully saturated rings. The third-order valence-corrected chi connectivity index (χ3v) is 8.41. The van der Waals surface area contributed by atoms with Crippen molar-refractivity contribution in [3.8, 4) is 11.5 Å². The first-order valence-corrected chi connectivity index (χ1v) is 16.1. The zero-order valence-corrected chi connectivity index (χ0v) is 28.2. The van der Waals surface area contributed by atoms with Gasteiger partial charge in [0.2, 0.25) is 17.8 Å². The molecule has 1 saturated heterocycles. The summed E-state index contributed by atoms with van der Waals surface area (Å²) in [7, 11) is 1.65. The van der Waals surface area contributed by atoms with Crippen molar-refractivity contribution in [3.63, 3.8) is 0 Å². The number of methoxy groups -OCH3 is 1. The van der Waals surface area contributed by atoms with E-state index >= 15 is 0 Å². The number of ether oxygens (including phenoxy) is 2. The number of hydrogen-bond acceptors (Lipinski definition) is 9. The summed E-state index contributed by atoms with van der Waals surface area (Å²) in [5.74, 6) is 3.55. The predicted molar refractivity (Wildman–Crippen MR) is 190 cm³/mol. The number of nitrogens with zero attached hydrogens (tertiary/aromatic N) is 5. The van der Waals surface area contributed by atoms with Gasteiger partial charge in [0.05, 0.1) is 16.9 Å². The largest absolute Gasteiger partial charge is 0.497 e. The van der Waals surface area contributed by atoms with Crippen LogP contribution >= 0.6 is 45.2 Å². The van der Waals surface area contributed by atoms with Crippen molar-refractivity contribution in [2.24, 2.45) is 11.0 Å². The summed E-state index contributed by atoms with van der Waals surface area (Å²) in [4.78, 5) is 16.4. The summed E-state index contributed by atoms with van der Waals surface area (Å²) in [5.41, 5.74) is 6.09. The van der Waals surface area contributed by atoms with Gasteiger partial charge in [-0.05, 0) is 112 Å². The summed E-state index contributed by atoms with van der Waals surface area (Å²) < 4.78 is 13.3. The first kappa shape index (κ1) is 31.0. The van der Waals surface area contributed by atoms with Crippen LogP contribution in [-0.2, 0) is 6.42 Å². The molecule has 1 aliphatic rings. The zero-order chi connectivity index (χ0) is 30.0. The van der Waals surface area contributed by atoms with Crippen LogP contribution in [0.1, 0.15) is 24.0 Å². The van der Waals surface area contributed by atoms with Crippen LogP contribution in [0.2, 0.25) is 0 Å². The molecule has 1 aromatic heterocycles. The minimum Gasteiger partial charge on any atom is -0.497 e. The standard InChI is InChI=1S/C32H33I2N7O2/c1-3-17-43-29-24(19-25(33)20-28(29)34)21-35-40-31-37-30(36-26-9-11-27(42-2)12-10-26)38-32(39-31)41-15-13-23(14-16-41)18-22-7-5-4-6-8-22/h3-12,19-21,23H,1,13-18H2,2H3,(H2,36,37,38,39,40)/b35-21-. The lowest BCUT2D eigenvalue weighted by molar-refractivity contribution is 0.360. The molecular weight excluding hydrogens is 768 g/mol.